The number of likely N-dealkylation sites (tertiary alicyclic amines) is 1. The summed E-state index contributed by atoms with van der Waals surface area (Å²) in [7, 11) is 3.18. The third-order valence-corrected chi connectivity index (χ3v) is 5.00. The van der Waals surface area contributed by atoms with Gasteiger partial charge in [0, 0.05) is 13.7 Å². The summed E-state index contributed by atoms with van der Waals surface area (Å²) in [6, 6.07) is 10.4. The number of furan rings is 1. The van der Waals surface area contributed by atoms with Crippen LogP contribution in [-0.2, 0) is 16.9 Å². The van der Waals surface area contributed by atoms with Crippen LogP contribution in [0.3, 0.4) is 0 Å². The molecule has 1 aromatic heterocycles. The number of rotatable bonds is 6. The van der Waals surface area contributed by atoms with Crippen LogP contribution in [0, 0.1) is 0 Å². The molecule has 2 aromatic rings. The first-order chi connectivity index (χ1) is 12.5. The maximum atomic E-state index is 12.9. The van der Waals surface area contributed by atoms with Gasteiger partial charge in [0.2, 0.25) is 0 Å². The summed E-state index contributed by atoms with van der Waals surface area (Å²) >= 11 is 0. The number of aliphatic hydroxyl groups is 1. The summed E-state index contributed by atoms with van der Waals surface area (Å²) in [5, 5.41) is 11.2. The van der Waals surface area contributed by atoms with E-state index in [1.165, 1.54) is 0 Å². The van der Waals surface area contributed by atoms with Gasteiger partial charge >= 0.3 is 0 Å². The Labute approximate surface area is 153 Å². The Morgan fingerprint density at radius 2 is 2.00 bits per heavy atom. The molecule has 6 heteroatoms. The van der Waals surface area contributed by atoms with E-state index >= 15 is 0 Å². The van der Waals surface area contributed by atoms with E-state index in [2.05, 4.69) is 0 Å². The summed E-state index contributed by atoms with van der Waals surface area (Å²) < 4.78 is 15.8. The van der Waals surface area contributed by atoms with Crippen molar-refractivity contribution in [2.45, 2.75) is 38.0 Å². The van der Waals surface area contributed by atoms with E-state index in [0.717, 1.165) is 24.2 Å². The van der Waals surface area contributed by atoms with E-state index in [1.807, 2.05) is 24.3 Å². The summed E-state index contributed by atoms with van der Waals surface area (Å²) in [6.07, 6.45) is 1.57. The largest absolute Gasteiger partial charge is 0.497 e. The Morgan fingerprint density at radius 1 is 1.27 bits per heavy atom. The van der Waals surface area contributed by atoms with Gasteiger partial charge in [-0.05, 0) is 49.6 Å². The molecule has 1 aliphatic heterocycles. The molecule has 1 amide bonds. The molecule has 1 aliphatic rings. The fraction of sp³-hybridized carbons (Fsp3) is 0.450. The minimum atomic E-state index is -1.17. The minimum absolute atomic E-state index is 0.205. The molecule has 0 spiro atoms. The van der Waals surface area contributed by atoms with Crippen molar-refractivity contribution in [3.8, 4) is 5.75 Å². The fourth-order valence-corrected chi connectivity index (χ4v) is 3.57. The molecule has 6 nitrogen and oxygen atoms in total. The predicted molar refractivity (Wildman–Crippen MR) is 96.0 cm³/mol. The van der Waals surface area contributed by atoms with Crippen molar-refractivity contribution in [1.82, 2.24) is 4.90 Å². The van der Waals surface area contributed by atoms with Crippen LogP contribution in [0.25, 0.3) is 0 Å². The molecule has 1 fully saturated rings. The lowest BCUT2D eigenvalue weighted by molar-refractivity contribution is -0.0186. The Balaban J connectivity index is 1.82. The Morgan fingerprint density at radius 3 is 2.65 bits per heavy atom. The normalized spacial score (nSPS) is 19.4. The highest BCUT2D eigenvalue weighted by atomic mass is 16.5. The van der Waals surface area contributed by atoms with Gasteiger partial charge in [-0.15, -0.1) is 0 Å². The van der Waals surface area contributed by atoms with Gasteiger partial charge in [-0.3, -0.25) is 4.79 Å². The summed E-state index contributed by atoms with van der Waals surface area (Å²) in [4.78, 5) is 14.6. The Bertz CT molecular complexity index is 750. The topological polar surface area (TPSA) is 72.1 Å². The second kappa shape index (κ2) is 7.51. The Kier molecular flexibility index (Phi) is 5.34. The smallest absolute Gasteiger partial charge is 0.289 e. The van der Waals surface area contributed by atoms with Crippen molar-refractivity contribution in [1.29, 1.82) is 0 Å². The van der Waals surface area contributed by atoms with Crippen LogP contribution in [0.5, 0.6) is 5.75 Å². The van der Waals surface area contributed by atoms with Crippen LogP contribution >= 0.6 is 0 Å². The van der Waals surface area contributed by atoms with Gasteiger partial charge in [0.25, 0.3) is 5.91 Å². The maximum Gasteiger partial charge on any atom is 0.289 e. The van der Waals surface area contributed by atoms with E-state index in [4.69, 9.17) is 13.9 Å². The third-order valence-electron chi connectivity index (χ3n) is 5.00. The molecule has 0 unspecified atom stereocenters. The fourth-order valence-electron chi connectivity index (χ4n) is 3.57. The number of benzene rings is 1. The first-order valence-corrected chi connectivity index (χ1v) is 8.73. The number of methoxy groups -OCH3 is 2. The molecular formula is C20H25NO5. The zero-order valence-electron chi connectivity index (χ0n) is 15.4. The molecule has 0 radical (unpaired) electrons. The number of carbonyl (C=O) groups is 1. The van der Waals surface area contributed by atoms with Crippen molar-refractivity contribution < 1.29 is 23.8 Å². The molecule has 3 rings (SSSR count). The van der Waals surface area contributed by atoms with Crippen LogP contribution in [0.2, 0.25) is 0 Å². The van der Waals surface area contributed by atoms with Crippen molar-refractivity contribution in [3.63, 3.8) is 0 Å². The van der Waals surface area contributed by atoms with Gasteiger partial charge < -0.3 is 23.9 Å². The van der Waals surface area contributed by atoms with Gasteiger partial charge in [0.1, 0.15) is 23.7 Å². The lowest BCUT2D eigenvalue weighted by Gasteiger charge is -2.36. The number of nitrogens with zero attached hydrogens (tertiary/aromatic N) is 1. The van der Waals surface area contributed by atoms with Gasteiger partial charge in [-0.1, -0.05) is 12.1 Å². The molecule has 26 heavy (non-hydrogen) atoms. The average Bonchev–Trinajstić information content (AvgIpc) is 3.31. The first kappa shape index (κ1) is 18.5. The molecule has 2 heterocycles. The van der Waals surface area contributed by atoms with E-state index < -0.39 is 5.60 Å². The molecule has 0 bridgehead atoms. The van der Waals surface area contributed by atoms with Gasteiger partial charge in [-0.2, -0.15) is 0 Å². The van der Waals surface area contributed by atoms with E-state index in [-0.39, 0.29) is 17.7 Å². The molecule has 0 saturated carbocycles. The van der Waals surface area contributed by atoms with Crippen LogP contribution in [0.1, 0.15) is 41.6 Å². The monoisotopic (exact) mass is 359 g/mol. The quantitative estimate of drug-likeness (QED) is 0.858. The highest BCUT2D eigenvalue weighted by Crippen LogP contribution is 2.36. The molecule has 1 saturated heterocycles. The third kappa shape index (κ3) is 3.48. The highest BCUT2D eigenvalue weighted by molar-refractivity contribution is 5.92. The van der Waals surface area contributed by atoms with Crippen molar-refractivity contribution in [2.75, 3.05) is 20.8 Å². The van der Waals surface area contributed by atoms with Gasteiger partial charge in [-0.25, -0.2) is 0 Å². The van der Waals surface area contributed by atoms with Gasteiger partial charge in [0.05, 0.1) is 13.2 Å². The number of hydrogen-bond donors (Lipinski definition) is 1. The van der Waals surface area contributed by atoms with Crippen LogP contribution in [0.15, 0.2) is 40.8 Å². The lowest BCUT2D eigenvalue weighted by atomic mass is 9.86. The van der Waals surface area contributed by atoms with Gasteiger partial charge in [0.15, 0.2) is 5.76 Å². The summed E-state index contributed by atoms with van der Waals surface area (Å²) in [6.45, 7) is 2.67. The van der Waals surface area contributed by atoms with Crippen LogP contribution in [-0.4, -0.2) is 42.7 Å². The number of amides is 1. The molecule has 1 aromatic carbocycles. The summed E-state index contributed by atoms with van der Waals surface area (Å²) in [5.74, 6) is 1.40. The van der Waals surface area contributed by atoms with Crippen LogP contribution < -0.4 is 4.74 Å². The molecule has 1 N–H and O–H groups in total. The molecule has 140 valence electrons. The second-order valence-electron chi connectivity index (χ2n) is 6.73. The lowest BCUT2D eigenvalue weighted by Crippen LogP contribution is -2.48. The number of ether oxygens (including phenoxy) is 2. The molecular weight excluding hydrogens is 334 g/mol. The predicted octanol–water partition coefficient (Wildman–Crippen LogP) is 2.95. The SMILES string of the molecule is COCc1ccc(C(=O)N2CCC[C@H]2[C@@](C)(O)c2ccc(OC)cc2)o1. The van der Waals surface area contributed by atoms with Crippen LogP contribution in [0.4, 0.5) is 0 Å². The standard InChI is InChI=1S/C20H25NO5/c1-20(23,14-6-8-15(25-3)9-7-14)18-5-4-12-21(18)19(22)17-11-10-16(26-17)13-24-2/h6-11,18,23H,4-5,12-13H2,1-3H3/t18-,20-/m0/s1. The van der Waals surface area contributed by atoms with Crippen molar-refractivity contribution in [2.24, 2.45) is 0 Å². The number of carbonyl (C=O) groups excluding carboxylic acids is 1. The van der Waals surface area contributed by atoms with E-state index in [0.29, 0.717) is 18.9 Å². The molecule has 0 aliphatic carbocycles. The molecule has 2 atom stereocenters. The van der Waals surface area contributed by atoms with Crippen molar-refractivity contribution >= 4 is 5.91 Å². The minimum Gasteiger partial charge on any atom is -0.497 e. The highest BCUT2D eigenvalue weighted by Gasteiger charge is 2.43. The number of hydrogen-bond acceptors (Lipinski definition) is 5. The Hall–Kier alpha value is -2.31. The van der Waals surface area contributed by atoms with E-state index in [1.54, 1.807) is 38.2 Å². The van der Waals surface area contributed by atoms with E-state index in [9.17, 15) is 9.90 Å². The first-order valence-electron chi connectivity index (χ1n) is 8.73. The average molecular weight is 359 g/mol. The van der Waals surface area contributed by atoms with Crippen molar-refractivity contribution in [3.05, 3.63) is 53.5 Å². The zero-order valence-corrected chi connectivity index (χ0v) is 15.4. The zero-order chi connectivity index (χ0) is 18.7. The maximum absolute atomic E-state index is 12.9. The second-order valence-corrected chi connectivity index (χ2v) is 6.73. The summed E-state index contributed by atoms with van der Waals surface area (Å²) in [5.41, 5.74) is -0.414.